The second kappa shape index (κ2) is 4.68. The van der Waals surface area contributed by atoms with Gasteiger partial charge in [-0.3, -0.25) is 9.59 Å². The van der Waals surface area contributed by atoms with Gasteiger partial charge >= 0.3 is 17.9 Å². The molecule has 0 saturated heterocycles. The molecule has 0 aromatic heterocycles. The predicted octanol–water partition coefficient (Wildman–Crippen LogP) is 1.06. The first-order valence-electron chi connectivity index (χ1n) is 6.18. The molecule has 2 aliphatic carbocycles. The molecule has 1 spiro atoms. The highest BCUT2D eigenvalue weighted by atomic mass is 16.5. The number of methoxy groups -OCH3 is 1. The van der Waals surface area contributed by atoms with Crippen molar-refractivity contribution in [1.29, 1.82) is 0 Å². The Bertz CT molecular complexity index is 466. The highest BCUT2D eigenvalue weighted by Gasteiger charge is 2.59. The fourth-order valence-corrected chi connectivity index (χ4v) is 3.63. The third kappa shape index (κ3) is 1.91. The number of carbonyl (C=O) groups is 3. The Morgan fingerprint density at radius 2 is 2.00 bits per heavy atom. The van der Waals surface area contributed by atoms with Gasteiger partial charge in [0.2, 0.25) is 0 Å². The van der Waals surface area contributed by atoms with Crippen LogP contribution in [-0.2, 0) is 19.1 Å². The predicted molar refractivity (Wildman–Crippen MR) is 63.3 cm³/mol. The maximum absolute atomic E-state index is 11.7. The number of ether oxygens (including phenoxy) is 1. The third-order valence-electron chi connectivity index (χ3n) is 4.37. The number of hydrogen-bond acceptors (Lipinski definition) is 4. The number of aliphatic carboxylic acids is 2. The van der Waals surface area contributed by atoms with Gasteiger partial charge in [-0.25, -0.2) is 4.79 Å². The number of allylic oxidation sites excluding steroid dienone is 1. The molecule has 0 aromatic rings. The molecule has 0 bridgehead atoms. The van der Waals surface area contributed by atoms with Gasteiger partial charge in [-0.1, -0.05) is 6.08 Å². The fraction of sp³-hybridized carbons (Fsp3) is 0.615. The summed E-state index contributed by atoms with van der Waals surface area (Å²) in [5.41, 5.74) is -0.775. The van der Waals surface area contributed by atoms with E-state index >= 15 is 0 Å². The summed E-state index contributed by atoms with van der Waals surface area (Å²) >= 11 is 0. The molecule has 2 rings (SSSR count). The second-order valence-corrected chi connectivity index (χ2v) is 5.10. The Balaban J connectivity index is 2.42. The van der Waals surface area contributed by atoms with E-state index in [1.165, 1.54) is 7.11 Å². The van der Waals surface area contributed by atoms with Crippen molar-refractivity contribution in [2.75, 3.05) is 7.11 Å². The molecule has 6 nitrogen and oxygen atoms in total. The molecule has 1 fully saturated rings. The number of carboxylic acid groups (broad SMARTS) is 2. The van der Waals surface area contributed by atoms with Crippen molar-refractivity contribution in [1.82, 2.24) is 0 Å². The molecule has 1 saturated carbocycles. The molecule has 0 aromatic carbocycles. The molecule has 2 N–H and O–H groups in total. The maximum atomic E-state index is 11.7. The van der Waals surface area contributed by atoms with Crippen molar-refractivity contribution in [3.05, 3.63) is 11.6 Å². The van der Waals surface area contributed by atoms with Crippen molar-refractivity contribution < 1.29 is 29.3 Å². The lowest BCUT2D eigenvalue weighted by Crippen LogP contribution is -2.39. The largest absolute Gasteiger partial charge is 0.481 e. The summed E-state index contributed by atoms with van der Waals surface area (Å²) in [4.78, 5) is 34.5. The minimum Gasteiger partial charge on any atom is -0.481 e. The van der Waals surface area contributed by atoms with Gasteiger partial charge in [0.05, 0.1) is 18.9 Å². The molecule has 6 heteroatoms. The summed E-state index contributed by atoms with van der Waals surface area (Å²) in [6.45, 7) is 0. The molecule has 0 heterocycles. The van der Waals surface area contributed by atoms with Gasteiger partial charge in [0, 0.05) is 11.0 Å². The van der Waals surface area contributed by atoms with Crippen LogP contribution in [0, 0.1) is 17.3 Å². The van der Waals surface area contributed by atoms with Crippen LogP contribution in [0.3, 0.4) is 0 Å². The third-order valence-corrected chi connectivity index (χ3v) is 4.37. The van der Waals surface area contributed by atoms with Gasteiger partial charge in [0.1, 0.15) is 0 Å². The summed E-state index contributed by atoms with van der Waals surface area (Å²) in [6.07, 6.45) is 3.35. The average Bonchev–Trinajstić information content (AvgIpc) is 2.93. The summed E-state index contributed by atoms with van der Waals surface area (Å²) in [7, 11) is 1.22. The summed E-state index contributed by atoms with van der Waals surface area (Å²) in [6, 6.07) is 0. The van der Waals surface area contributed by atoms with Crippen LogP contribution < -0.4 is 0 Å². The van der Waals surface area contributed by atoms with E-state index in [0.29, 0.717) is 25.7 Å². The van der Waals surface area contributed by atoms with Crippen LogP contribution in [0.15, 0.2) is 11.6 Å². The molecule has 0 radical (unpaired) electrons. The van der Waals surface area contributed by atoms with Crippen LogP contribution in [0.5, 0.6) is 0 Å². The Morgan fingerprint density at radius 1 is 1.32 bits per heavy atom. The van der Waals surface area contributed by atoms with E-state index in [4.69, 9.17) is 0 Å². The summed E-state index contributed by atoms with van der Waals surface area (Å²) in [5.74, 6) is -4.55. The lowest BCUT2D eigenvalue weighted by Gasteiger charge is -2.31. The Morgan fingerprint density at radius 3 is 2.53 bits per heavy atom. The van der Waals surface area contributed by atoms with Gasteiger partial charge in [0.15, 0.2) is 0 Å². The molecule has 104 valence electrons. The SMILES string of the molecule is COC(=O)C1CCC2(CCC=C2C(=O)O)C1C(=O)O. The molecule has 19 heavy (non-hydrogen) atoms. The standard InChI is InChI=1S/C13H16O6/c1-19-12(18)7-4-6-13(9(7)11(16)17)5-2-3-8(13)10(14)15/h3,7,9H,2,4-6H2,1H3,(H,14,15)(H,16,17). The van der Waals surface area contributed by atoms with Gasteiger partial charge in [-0.2, -0.15) is 0 Å². The van der Waals surface area contributed by atoms with E-state index < -0.39 is 35.2 Å². The molecule has 0 amide bonds. The number of carboxylic acids is 2. The minimum absolute atomic E-state index is 0.145. The van der Waals surface area contributed by atoms with E-state index in [1.807, 2.05) is 0 Å². The average molecular weight is 268 g/mol. The first kappa shape index (κ1) is 13.6. The van der Waals surface area contributed by atoms with Crippen LogP contribution in [-0.4, -0.2) is 35.2 Å². The highest BCUT2D eigenvalue weighted by molar-refractivity contribution is 5.92. The van der Waals surface area contributed by atoms with Crippen molar-refractivity contribution in [3.63, 3.8) is 0 Å². The fourth-order valence-electron chi connectivity index (χ4n) is 3.63. The zero-order valence-electron chi connectivity index (χ0n) is 10.6. The van der Waals surface area contributed by atoms with Gasteiger partial charge in [0.25, 0.3) is 0 Å². The van der Waals surface area contributed by atoms with E-state index in [-0.39, 0.29) is 5.57 Å². The van der Waals surface area contributed by atoms with Crippen LogP contribution in [0.1, 0.15) is 25.7 Å². The van der Waals surface area contributed by atoms with Crippen molar-refractivity contribution in [2.24, 2.45) is 17.3 Å². The van der Waals surface area contributed by atoms with E-state index in [0.717, 1.165) is 0 Å². The first-order chi connectivity index (χ1) is 8.94. The summed E-state index contributed by atoms with van der Waals surface area (Å²) < 4.78 is 4.64. The van der Waals surface area contributed by atoms with Crippen LogP contribution in [0.2, 0.25) is 0 Å². The maximum Gasteiger partial charge on any atom is 0.331 e. The topological polar surface area (TPSA) is 101 Å². The van der Waals surface area contributed by atoms with Crippen LogP contribution >= 0.6 is 0 Å². The normalized spacial score (nSPS) is 33.2. The van der Waals surface area contributed by atoms with Crippen LogP contribution in [0.4, 0.5) is 0 Å². The molecule has 0 aliphatic heterocycles. The van der Waals surface area contributed by atoms with Gasteiger partial charge in [-0.15, -0.1) is 0 Å². The number of rotatable bonds is 3. The Kier molecular flexibility index (Phi) is 3.34. The Hall–Kier alpha value is -1.85. The second-order valence-electron chi connectivity index (χ2n) is 5.10. The van der Waals surface area contributed by atoms with Crippen LogP contribution in [0.25, 0.3) is 0 Å². The highest BCUT2D eigenvalue weighted by Crippen LogP contribution is 2.57. The van der Waals surface area contributed by atoms with E-state index in [9.17, 15) is 24.6 Å². The minimum atomic E-state index is -1.12. The molecule has 3 unspecified atom stereocenters. The van der Waals surface area contributed by atoms with Gasteiger partial charge in [-0.05, 0) is 25.7 Å². The molecule has 2 aliphatic rings. The number of esters is 1. The van der Waals surface area contributed by atoms with Gasteiger partial charge < -0.3 is 14.9 Å². The van der Waals surface area contributed by atoms with Crippen molar-refractivity contribution in [2.45, 2.75) is 25.7 Å². The quantitative estimate of drug-likeness (QED) is 0.742. The zero-order valence-corrected chi connectivity index (χ0v) is 10.6. The smallest absolute Gasteiger partial charge is 0.331 e. The molecular weight excluding hydrogens is 252 g/mol. The van der Waals surface area contributed by atoms with Crippen molar-refractivity contribution in [3.8, 4) is 0 Å². The number of carbonyl (C=O) groups excluding carboxylic acids is 1. The lowest BCUT2D eigenvalue weighted by atomic mass is 9.70. The van der Waals surface area contributed by atoms with Crippen molar-refractivity contribution >= 4 is 17.9 Å². The van der Waals surface area contributed by atoms with E-state index in [1.54, 1.807) is 6.08 Å². The molecular formula is C13H16O6. The zero-order chi connectivity index (χ0) is 14.2. The first-order valence-corrected chi connectivity index (χ1v) is 6.18. The number of hydrogen-bond donors (Lipinski definition) is 2. The Labute approximate surface area is 110 Å². The molecule has 3 atom stereocenters. The lowest BCUT2D eigenvalue weighted by molar-refractivity contribution is -0.157. The van der Waals surface area contributed by atoms with E-state index in [2.05, 4.69) is 4.74 Å². The summed E-state index contributed by atoms with van der Waals surface area (Å²) in [5, 5.41) is 18.7. The monoisotopic (exact) mass is 268 g/mol.